The number of amides is 1. The minimum Gasteiger partial charge on any atom is -0.486 e. The smallest absolute Gasteiger partial charge is 0.272 e. The molecule has 1 aromatic heterocycles. The number of likely N-dealkylation sites (tertiary alicyclic amines) is 1. The molecule has 1 atom stereocenters. The third-order valence-corrected chi connectivity index (χ3v) is 5.86. The first-order chi connectivity index (χ1) is 13.3. The van der Waals surface area contributed by atoms with Crippen molar-refractivity contribution in [3.05, 3.63) is 52.8 Å². The summed E-state index contributed by atoms with van der Waals surface area (Å²) in [7, 11) is 0. The summed E-state index contributed by atoms with van der Waals surface area (Å²) < 4.78 is 11.3. The maximum atomic E-state index is 13.2. The average Bonchev–Trinajstić information content (AvgIpc) is 3.22. The van der Waals surface area contributed by atoms with Crippen LogP contribution >= 0.6 is 0 Å². The Morgan fingerprint density at radius 1 is 1.00 bits per heavy atom. The predicted molar refractivity (Wildman–Crippen MR) is 101 cm³/mol. The zero-order valence-electron chi connectivity index (χ0n) is 15.4. The summed E-state index contributed by atoms with van der Waals surface area (Å²) in [6.07, 6.45) is 6.44. The van der Waals surface area contributed by atoms with E-state index >= 15 is 0 Å². The van der Waals surface area contributed by atoms with Crippen LogP contribution in [0.15, 0.2) is 30.3 Å². The fourth-order valence-corrected chi connectivity index (χ4v) is 4.47. The molecule has 3 heterocycles. The molecule has 0 spiro atoms. The molecule has 5 rings (SSSR count). The molecule has 0 saturated carbocycles. The molecule has 27 heavy (non-hydrogen) atoms. The summed E-state index contributed by atoms with van der Waals surface area (Å²) in [5, 5.41) is 0. The topological polar surface area (TPSA) is 51.7 Å². The van der Waals surface area contributed by atoms with Crippen molar-refractivity contribution >= 4 is 5.91 Å². The van der Waals surface area contributed by atoms with Gasteiger partial charge in [0.15, 0.2) is 11.5 Å². The van der Waals surface area contributed by atoms with Crippen molar-refractivity contribution in [3.63, 3.8) is 0 Å². The Balaban J connectivity index is 1.41. The van der Waals surface area contributed by atoms with E-state index in [0.717, 1.165) is 55.0 Å². The van der Waals surface area contributed by atoms with Gasteiger partial charge in [-0.25, -0.2) is 4.98 Å². The fraction of sp³-hybridized carbons (Fsp3) is 0.455. The van der Waals surface area contributed by atoms with E-state index in [1.165, 1.54) is 18.4 Å². The van der Waals surface area contributed by atoms with Gasteiger partial charge in [-0.2, -0.15) is 0 Å². The number of carbonyl (C=O) groups is 1. The number of ether oxygens (including phenoxy) is 2. The number of pyridine rings is 1. The van der Waals surface area contributed by atoms with E-state index in [0.29, 0.717) is 18.9 Å². The van der Waals surface area contributed by atoms with Crippen LogP contribution in [-0.4, -0.2) is 35.5 Å². The number of carbonyl (C=O) groups excluding carboxylic acids is 1. The lowest BCUT2D eigenvalue weighted by Crippen LogP contribution is -2.31. The third kappa shape index (κ3) is 3.05. The van der Waals surface area contributed by atoms with Gasteiger partial charge in [0.1, 0.15) is 18.9 Å². The molecule has 0 unspecified atom stereocenters. The number of rotatable bonds is 2. The van der Waals surface area contributed by atoms with Gasteiger partial charge in [-0.15, -0.1) is 0 Å². The lowest BCUT2D eigenvalue weighted by atomic mass is 9.96. The molecular formula is C22H24N2O3. The Labute approximate surface area is 159 Å². The maximum absolute atomic E-state index is 13.2. The molecule has 5 nitrogen and oxygen atoms in total. The van der Waals surface area contributed by atoms with Crippen LogP contribution in [0.4, 0.5) is 0 Å². The van der Waals surface area contributed by atoms with E-state index in [-0.39, 0.29) is 11.9 Å². The van der Waals surface area contributed by atoms with Crippen molar-refractivity contribution in [1.82, 2.24) is 9.88 Å². The molecule has 1 aromatic carbocycles. The summed E-state index contributed by atoms with van der Waals surface area (Å²) >= 11 is 0. The number of fused-ring (bicyclic) bond motifs is 2. The second-order valence-electron chi connectivity index (χ2n) is 7.57. The molecule has 3 aliphatic rings. The molecule has 1 fully saturated rings. The van der Waals surface area contributed by atoms with E-state index in [9.17, 15) is 4.79 Å². The molecule has 0 radical (unpaired) electrons. The lowest BCUT2D eigenvalue weighted by molar-refractivity contribution is 0.0728. The highest BCUT2D eigenvalue weighted by Gasteiger charge is 2.32. The minimum atomic E-state index is 0.0424. The number of hydrogen-bond acceptors (Lipinski definition) is 4. The van der Waals surface area contributed by atoms with Gasteiger partial charge in [-0.1, -0.05) is 12.1 Å². The highest BCUT2D eigenvalue weighted by Crippen LogP contribution is 2.38. The van der Waals surface area contributed by atoms with Crippen LogP contribution in [0, 0.1) is 0 Å². The quantitative estimate of drug-likeness (QED) is 0.815. The summed E-state index contributed by atoms with van der Waals surface area (Å²) in [5.41, 5.74) is 4.12. The summed E-state index contributed by atoms with van der Waals surface area (Å²) in [6, 6.07) is 10.1. The number of aromatic nitrogens is 1. The number of benzene rings is 1. The number of nitrogens with zero attached hydrogens (tertiary/aromatic N) is 2. The van der Waals surface area contributed by atoms with Gasteiger partial charge in [-0.3, -0.25) is 4.79 Å². The largest absolute Gasteiger partial charge is 0.486 e. The number of hydrogen-bond donors (Lipinski definition) is 0. The summed E-state index contributed by atoms with van der Waals surface area (Å²) in [5.74, 6) is 1.61. The predicted octanol–water partition coefficient (Wildman–Crippen LogP) is 3.71. The Kier molecular flexibility index (Phi) is 4.23. The van der Waals surface area contributed by atoms with E-state index in [1.54, 1.807) is 0 Å². The van der Waals surface area contributed by atoms with E-state index < -0.39 is 0 Å². The highest BCUT2D eigenvalue weighted by atomic mass is 16.6. The van der Waals surface area contributed by atoms with E-state index in [2.05, 4.69) is 12.1 Å². The molecule has 140 valence electrons. The Hall–Kier alpha value is -2.56. The van der Waals surface area contributed by atoms with Crippen molar-refractivity contribution in [2.45, 2.75) is 44.6 Å². The monoisotopic (exact) mass is 364 g/mol. The van der Waals surface area contributed by atoms with Crippen LogP contribution in [0.1, 0.15) is 59.0 Å². The van der Waals surface area contributed by atoms with Crippen molar-refractivity contribution < 1.29 is 14.3 Å². The van der Waals surface area contributed by atoms with Crippen LogP contribution in [0.5, 0.6) is 11.5 Å². The molecule has 1 saturated heterocycles. The molecule has 5 heteroatoms. The first kappa shape index (κ1) is 16.6. The Bertz CT molecular complexity index is 880. The zero-order valence-corrected chi connectivity index (χ0v) is 15.4. The van der Waals surface area contributed by atoms with E-state index in [4.69, 9.17) is 14.5 Å². The lowest BCUT2D eigenvalue weighted by Gasteiger charge is -2.27. The SMILES string of the molecule is O=C(c1ccc2c(n1)CCCC2)N1CCC[C@@H]1c1ccc2c(c1)OCCO2. The molecule has 2 aromatic rings. The molecule has 1 aliphatic carbocycles. The Morgan fingerprint density at radius 2 is 1.85 bits per heavy atom. The van der Waals surface area contributed by atoms with Crippen LogP contribution < -0.4 is 9.47 Å². The molecule has 1 amide bonds. The van der Waals surface area contributed by atoms with Gasteiger partial charge in [0.05, 0.1) is 6.04 Å². The van der Waals surface area contributed by atoms with Crippen molar-refractivity contribution in [2.75, 3.05) is 19.8 Å². The third-order valence-electron chi connectivity index (χ3n) is 5.86. The van der Waals surface area contributed by atoms with Crippen LogP contribution in [0.25, 0.3) is 0 Å². The van der Waals surface area contributed by atoms with Gasteiger partial charge in [0.25, 0.3) is 5.91 Å². The average molecular weight is 364 g/mol. The molecule has 0 N–H and O–H groups in total. The first-order valence-electron chi connectivity index (χ1n) is 9.99. The van der Waals surface area contributed by atoms with Crippen LogP contribution in [0.2, 0.25) is 0 Å². The zero-order chi connectivity index (χ0) is 18.2. The van der Waals surface area contributed by atoms with E-state index in [1.807, 2.05) is 23.1 Å². The minimum absolute atomic E-state index is 0.0424. The summed E-state index contributed by atoms with van der Waals surface area (Å²) in [4.78, 5) is 19.9. The summed E-state index contributed by atoms with van der Waals surface area (Å²) in [6.45, 7) is 1.93. The first-order valence-corrected chi connectivity index (χ1v) is 9.99. The second kappa shape index (κ2) is 6.87. The van der Waals surface area contributed by atoms with Crippen molar-refractivity contribution in [3.8, 4) is 11.5 Å². The molecule has 0 bridgehead atoms. The van der Waals surface area contributed by atoms with Gasteiger partial charge in [0.2, 0.25) is 0 Å². The molecular weight excluding hydrogens is 340 g/mol. The maximum Gasteiger partial charge on any atom is 0.272 e. The van der Waals surface area contributed by atoms with Crippen LogP contribution in [0.3, 0.4) is 0 Å². The highest BCUT2D eigenvalue weighted by molar-refractivity contribution is 5.93. The molecule has 2 aliphatic heterocycles. The second-order valence-corrected chi connectivity index (χ2v) is 7.57. The van der Waals surface area contributed by atoms with Gasteiger partial charge in [-0.05, 0) is 67.9 Å². The van der Waals surface area contributed by atoms with Crippen molar-refractivity contribution in [1.29, 1.82) is 0 Å². The standard InChI is InChI=1S/C22H24N2O3/c25-22(18-9-7-15-4-1-2-5-17(15)23-18)24-11-3-6-19(24)16-8-10-20-21(14-16)27-13-12-26-20/h7-10,14,19H,1-6,11-13H2/t19-/m1/s1. The fourth-order valence-electron chi connectivity index (χ4n) is 4.47. The normalized spacial score (nSPS) is 21.0. The van der Waals surface area contributed by atoms with Crippen molar-refractivity contribution in [2.24, 2.45) is 0 Å². The Morgan fingerprint density at radius 3 is 2.78 bits per heavy atom. The van der Waals surface area contributed by atoms with Gasteiger partial charge in [0, 0.05) is 12.2 Å². The van der Waals surface area contributed by atoms with Gasteiger partial charge < -0.3 is 14.4 Å². The van der Waals surface area contributed by atoms with Crippen LogP contribution in [-0.2, 0) is 12.8 Å². The van der Waals surface area contributed by atoms with Gasteiger partial charge >= 0.3 is 0 Å². The number of aryl methyl sites for hydroxylation is 2.